The lowest BCUT2D eigenvalue weighted by atomic mass is 9.89. The van der Waals surface area contributed by atoms with Crippen molar-refractivity contribution in [2.75, 3.05) is 6.54 Å². The fourth-order valence-corrected chi connectivity index (χ4v) is 1.67. The van der Waals surface area contributed by atoms with Crippen LogP contribution in [0.1, 0.15) is 27.7 Å². The first-order valence-electron chi connectivity index (χ1n) is 5.99. The predicted molar refractivity (Wildman–Crippen MR) is 69.9 cm³/mol. The number of hydrogen-bond acceptors (Lipinski definition) is 4. The lowest BCUT2D eigenvalue weighted by Gasteiger charge is -2.32. The van der Waals surface area contributed by atoms with Gasteiger partial charge in [-0.05, 0) is 33.3 Å². The lowest BCUT2D eigenvalue weighted by molar-refractivity contribution is 0.00578. The Morgan fingerprint density at radius 2 is 1.94 bits per heavy atom. The second kappa shape index (κ2) is 4.51. The summed E-state index contributed by atoms with van der Waals surface area (Å²) in [6.45, 7) is 8.34. The minimum absolute atomic E-state index is 0.328. The van der Waals surface area contributed by atoms with Gasteiger partial charge >= 0.3 is 7.12 Å². The molecule has 0 aromatic rings. The monoisotopic (exact) mass is 252 g/mol. The van der Waals surface area contributed by atoms with Crippen LogP contribution < -0.4 is 5.32 Å². The van der Waals surface area contributed by atoms with Crippen LogP contribution in [0.3, 0.4) is 0 Å². The van der Waals surface area contributed by atoms with Crippen LogP contribution in [0.2, 0.25) is 0 Å². The van der Waals surface area contributed by atoms with Crippen LogP contribution in [-0.4, -0.2) is 31.0 Å². The van der Waals surface area contributed by atoms with Crippen molar-refractivity contribution >= 4 is 13.2 Å². The first-order chi connectivity index (χ1) is 8.30. The van der Waals surface area contributed by atoms with Crippen molar-refractivity contribution in [3.8, 4) is 0 Å². The zero-order valence-corrected chi connectivity index (χ0v) is 11.2. The summed E-state index contributed by atoms with van der Waals surface area (Å²) in [6, 6.07) is 0. The third-order valence-corrected chi connectivity index (χ3v) is 3.52. The van der Waals surface area contributed by atoms with E-state index in [1.54, 1.807) is 6.20 Å². The van der Waals surface area contributed by atoms with Gasteiger partial charge < -0.3 is 14.6 Å². The Labute approximate surface area is 107 Å². The maximum Gasteiger partial charge on any atom is 0.487 e. The van der Waals surface area contributed by atoms with E-state index in [4.69, 9.17) is 9.31 Å². The standard InChI is InChI=1S/C12H18BFN2O2/c1-11(2)12(3,4)18-13(17-11)6-5-9-7-15-10(14)16-8-9/h5-7H,8H2,1-4H3,(H,15,16)/b6-5+. The largest absolute Gasteiger partial charge is 0.487 e. The SMILES string of the molecule is CC1(C)OB(/C=C/C2=CNC(F)=NC2)OC1(C)C. The first-order valence-corrected chi connectivity index (χ1v) is 5.99. The van der Waals surface area contributed by atoms with Crippen molar-refractivity contribution in [1.82, 2.24) is 5.32 Å². The van der Waals surface area contributed by atoms with Crippen molar-refractivity contribution in [2.24, 2.45) is 4.99 Å². The summed E-state index contributed by atoms with van der Waals surface area (Å²) in [5.74, 6) is 1.82. The van der Waals surface area contributed by atoms with Crippen molar-refractivity contribution in [3.05, 3.63) is 23.8 Å². The molecule has 0 amide bonds. The molecule has 2 aliphatic heterocycles. The summed E-state index contributed by atoms with van der Waals surface area (Å²) in [4.78, 5) is 3.65. The molecule has 6 heteroatoms. The van der Waals surface area contributed by atoms with E-state index in [9.17, 15) is 4.39 Å². The minimum Gasteiger partial charge on any atom is -0.400 e. The van der Waals surface area contributed by atoms with E-state index in [0.717, 1.165) is 5.57 Å². The minimum atomic E-state index is -0.553. The number of halogens is 1. The van der Waals surface area contributed by atoms with Gasteiger partial charge in [0.25, 0.3) is 6.09 Å². The molecule has 0 bridgehead atoms. The van der Waals surface area contributed by atoms with Crippen molar-refractivity contribution in [2.45, 2.75) is 38.9 Å². The van der Waals surface area contributed by atoms with Gasteiger partial charge in [0.15, 0.2) is 0 Å². The highest BCUT2D eigenvalue weighted by atomic mass is 19.1. The molecule has 2 aliphatic rings. The van der Waals surface area contributed by atoms with Gasteiger partial charge in [-0.1, -0.05) is 12.1 Å². The summed E-state index contributed by atoms with van der Waals surface area (Å²) in [5.41, 5.74) is 0.197. The van der Waals surface area contributed by atoms with Gasteiger partial charge in [-0.3, -0.25) is 0 Å². The maximum absolute atomic E-state index is 12.6. The molecule has 0 spiro atoms. The molecule has 2 rings (SSSR count). The van der Waals surface area contributed by atoms with Gasteiger partial charge in [-0.2, -0.15) is 4.39 Å². The molecule has 1 N–H and O–H groups in total. The fraction of sp³-hybridized carbons (Fsp3) is 0.583. The average Bonchev–Trinajstić information content (AvgIpc) is 2.47. The first kappa shape index (κ1) is 13.3. The number of rotatable bonds is 2. The molecule has 18 heavy (non-hydrogen) atoms. The molecule has 0 unspecified atom stereocenters. The molecule has 4 nitrogen and oxygen atoms in total. The highest BCUT2D eigenvalue weighted by Gasteiger charge is 2.49. The van der Waals surface area contributed by atoms with Crippen LogP contribution in [-0.2, 0) is 9.31 Å². The smallest absolute Gasteiger partial charge is 0.400 e. The third kappa shape index (κ3) is 2.65. The van der Waals surface area contributed by atoms with Gasteiger partial charge in [0.05, 0.1) is 17.7 Å². The molecule has 2 heterocycles. The van der Waals surface area contributed by atoms with Crippen molar-refractivity contribution in [1.29, 1.82) is 0 Å². The van der Waals surface area contributed by atoms with Crippen LogP contribution in [0.25, 0.3) is 0 Å². The summed E-state index contributed by atoms with van der Waals surface area (Å²) in [7, 11) is -0.383. The molecule has 0 atom stereocenters. The number of amidine groups is 1. The van der Waals surface area contributed by atoms with Crippen LogP contribution in [0.4, 0.5) is 4.39 Å². The molecule has 1 saturated heterocycles. The summed E-state index contributed by atoms with van der Waals surface area (Å²) < 4.78 is 24.2. The van der Waals surface area contributed by atoms with Crippen molar-refractivity contribution < 1.29 is 13.7 Å². The predicted octanol–water partition coefficient (Wildman–Crippen LogP) is 1.99. The summed E-state index contributed by atoms with van der Waals surface area (Å²) >= 11 is 0. The molecule has 0 radical (unpaired) electrons. The Morgan fingerprint density at radius 1 is 1.33 bits per heavy atom. The maximum atomic E-state index is 12.6. The number of nitrogens with one attached hydrogen (secondary N) is 1. The van der Waals surface area contributed by atoms with Crippen LogP contribution in [0.15, 0.2) is 28.8 Å². The molecule has 0 aliphatic carbocycles. The van der Waals surface area contributed by atoms with Crippen LogP contribution in [0.5, 0.6) is 0 Å². The Balaban J connectivity index is 1.96. The Morgan fingerprint density at radius 3 is 2.44 bits per heavy atom. The van der Waals surface area contributed by atoms with Gasteiger partial charge in [-0.15, -0.1) is 0 Å². The number of nitrogens with zero attached hydrogens (tertiary/aromatic N) is 1. The molecule has 0 aromatic heterocycles. The molecule has 98 valence electrons. The van der Waals surface area contributed by atoms with Crippen LogP contribution >= 0.6 is 0 Å². The van der Waals surface area contributed by atoms with E-state index in [1.165, 1.54) is 0 Å². The van der Waals surface area contributed by atoms with Crippen LogP contribution in [0, 0.1) is 0 Å². The highest BCUT2D eigenvalue weighted by molar-refractivity contribution is 6.51. The average molecular weight is 252 g/mol. The van der Waals surface area contributed by atoms with E-state index in [-0.39, 0.29) is 18.3 Å². The zero-order chi connectivity index (χ0) is 13.4. The topological polar surface area (TPSA) is 42.8 Å². The number of aliphatic imine (C=N–C) groups is 1. The molecular formula is C12H18BFN2O2. The second-order valence-electron chi connectivity index (χ2n) is 5.45. The Bertz CT molecular complexity index is 414. The van der Waals surface area contributed by atoms with Gasteiger partial charge in [0.2, 0.25) is 0 Å². The quantitative estimate of drug-likeness (QED) is 0.603. The molecular weight excluding hydrogens is 234 g/mol. The molecule has 0 saturated carbocycles. The number of hydrogen-bond donors (Lipinski definition) is 1. The van der Waals surface area contributed by atoms with E-state index >= 15 is 0 Å². The Kier molecular flexibility index (Phi) is 3.34. The second-order valence-corrected chi connectivity index (χ2v) is 5.45. The molecule has 0 aromatic carbocycles. The highest BCUT2D eigenvalue weighted by Crippen LogP contribution is 2.36. The van der Waals surface area contributed by atoms with E-state index in [0.29, 0.717) is 6.54 Å². The van der Waals surface area contributed by atoms with Gasteiger partial charge in [0, 0.05) is 6.20 Å². The van der Waals surface area contributed by atoms with Gasteiger partial charge in [-0.25, -0.2) is 4.99 Å². The summed E-state index contributed by atoms with van der Waals surface area (Å²) in [6.07, 6.45) is 2.87. The fourth-order valence-electron chi connectivity index (χ4n) is 1.67. The van der Waals surface area contributed by atoms with E-state index in [1.807, 2.05) is 39.7 Å². The van der Waals surface area contributed by atoms with E-state index < -0.39 is 6.09 Å². The third-order valence-electron chi connectivity index (χ3n) is 3.52. The summed E-state index contributed by atoms with van der Waals surface area (Å²) in [5, 5.41) is 2.43. The van der Waals surface area contributed by atoms with E-state index in [2.05, 4.69) is 10.3 Å². The molecule has 1 fully saturated rings. The Hall–Kier alpha value is -1.14. The lowest BCUT2D eigenvalue weighted by Crippen LogP contribution is -2.41. The van der Waals surface area contributed by atoms with Gasteiger partial charge in [0.1, 0.15) is 0 Å². The van der Waals surface area contributed by atoms with Crippen molar-refractivity contribution in [3.63, 3.8) is 0 Å². The normalized spacial score (nSPS) is 25.9. The zero-order valence-electron chi connectivity index (χ0n) is 11.2.